The lowest BCUT2D eigenvalue weighted by molar-refractivity contribution is -0.145. The standard InChI is InChI=1S/C10H21NO2S.ClH/c1-3-4-5-7-13-10(12)9(11)6-8-14-2;/h9H,3-8,11H2,1-2H3;1H/t9-;/m0./s1. The van der Waals surface area contributed by atoms with Crippen LogP contribution in [0.3, 0.4) is 0 Å². The van der Waals surface area contributed by atoms with E-state index in [1.54, 1.807) is 11.8 Å². The number of unbranched alkanes of at least 4 members (excludes halogenated alkanes) is 2. The lowest BCUT2D eigenvalue weighted by atomic mass is 10.2. The Kier molecular flexibility index (Phi) is 14.1. The second kappa shape index (κ2) is 12.1. The minimum atomic E-state index is -0.441. The van der Waals surface area contributed by atoms with Gasteiger partial charge in [-0.25, -0.2) is 0 Å². The predicted octanol–water partition coefficient (Wildman–Crippen LogP) is 2.22. The molecule has 0 fully saturated rings. The van der Waals surface area contributed by atoms with Crippen LogP contribution in [-0.2, 0) is 9.53 Å². The van der Waals surface area contributed by atoms with Crippen LogP contribution in [0.1, 0.15) is 32.6 Å². The van der Waals surface area contributed by atoms with Gasteiger partial charge in [-0.3, -0.25) is 4.79 Å². The maximum atomic E-state index is 11.3. The van der Waals surface area contributed by atoms with Gasteiger partial charge in [-0.2, -0.15) is 11.8 Å². The average Bonchev–Trinajstić information content (AvgIpc) is 2.20. The third kappa shape index (κ3) is 10.4. The number of ether oxygens (including phenoxy) is 1. The largest absolute Gasteiger partial charge is 0.465 e. The van der Waals surface area contributed by atoms with Crippen LogP contribution in [0, 0.1) is 0 Å². The number of carbonyl (C=O) groups is 1. The molecule has 0 unspecified atom stereocenters. The van der Waals surface area contributed by atoms with Gasteiger partial charge in [0.25, 0.3) is 0 Å². The van der Waals surface area contributed by atoms with Crippen molar-refractivity contribution in [3.63, 3.8) is 0 Å². The van der Waals surface area contributed by atoms with Crippen LogP contribution < -0.4 is 5.73 Å². The molecule has 0 bridgehead atoms. The fraction of sp³-hybridized carbons (Fsp3) is 0.900. The number of nitrogens with two attached hydrogens (primary N) is 1. The molecular formula is C10H22ClNO2S. The molecule has 0 radical (unpaired) electrons. The summed E-state index contributed by atoms with van der Waals surface area (Å²) in [6.07, 6.45) is 5.88. The van der Waals surface area contributed by atoms with Gasteiger partial charge in [-0.1, -0.05) is 19.8 Å². The fourth-order valence-electron chi connectivity index (χ4n) is 0.995. The molecule has 0 heterocycles. The number of halogens is 1. The second-order valence-corrected chi connectivity index (χ2v) is 4.25. The average molecular weight is 256 g/mol. The topological polar surface area (TPSA) is 52.3 Å². The molecule has 3 nitrogen and oxygen atoms in total. The van der Waals surface area contributed by atoms with Crippen LogP contribution in [-0.4, -0.2) is 30.6 Å². The van der Waals surface area contributed by atoms with E-state index in [9.17, 15) is 4.79 Å². The third-order valence-corrected chi connectivity index (χ3v) is 2.57. The van der Waals surface area contributed by atoms with Crippen LogP contribution in [0.25, 0.3) is 0 Å². The van der Waals surface area contributed by atoms with Gasteiger partial charge in [0.1, 0.15) is 6.04 Å². The van der Waals surface area contributed by atoms with Crippen LogP contribution in [0.2, 0.25) is 0 Å². The Morgan fingerprint density at radius 2 is 2.13 bits per heavy atom. The molecule has 5 heteroatoms. The Labute approximate surface area is 103 Å². The summed E-state index contributed by atoms with van der Waals surface area (Å²) in [5.41, 5.74) is 5.63. The molecule has 0 aromatic heterocycles. The lowest BCUT2D eigenvalue weighted by Gasteiger charge is -2.10. The molecule has 1 atom stereocenters. The van der Waals surface area contributed by atoms with Crippen molar-refractivity contribution in [3.8, 4) is 0 Å². The van der Waals surface area contributed by atoms with Gasteiger partial charge in [-0.15, -0.1) is 12.4 Å². The Balaban J connectivity index is 0. The molecule has 15 heavy (non-hydrogen) atoms. The van der Waals surface area contributed by atoms with E-state index in [0.717, 1.165) is 25.0 Å². The first kappa shape index (κ1) is 17.5. The highest BCUT2D eigenvalue weighted by Gasteiger charge is 2.13. The van der Waals surface area contributed by atoms with E-state index in [1.165, 1.54) is 0 Å². The van der Waals surface area contributed by atoms with Gasteiger partial charge in [0.2, 0.25) is 0 Å². The highest BCUT2D eigenvalue weighted by Crippen LogP contribution is 2.01. The van der Waals surface area contributed by atoms with Crippen molar-refractivity contribution in [2.24, 2.45) is 5.73 Å². The quantitative estimate of drug-likeness (QED) is 0.534. The summed E-state index contributed by atoms with van der Waals surface area (Å²) < 4.78 is 5.03. The first-order chi connectivity index (χ1) is 6.72. The molecule has 0 aliphatic rings. The molecule has 0 amide bonds. The minimum Gasteiger partial charge on any atom is -0.465 e. The number of carbonyl (C=O) groups excluding carboxylic acids is 1. The van der Waals surface area contributed by atoms with Crippen molar-refractivity contribution >= 4 is 30.1 Å². The Morgan fingerprint density at radius 1 is 1.47 bits per heavy atom. The van der Waals surface area contributed by atoms with E-state index in [1.807, 2.05) is 6.26 Å². The normalized spacial score (nSPS) is 11.7. The number of hydrogen-bond donors (Lipinski definition) is 1. The van der Waals surface area contributed by atoms with E-state index in [0.29, 0.717) is 13.0 Å². The fourth-order valence-corrected chi connectivity index (χ4v) is 1.48. The zero-order chi connectivity index (χ0) is 10.8. The van der Waals surface area contributed by atoms with Crippen molar-refractivity contribution in [1.82, 2.24) is 0 Å². The van der Waals surface area contributed by atoms with Crippen LogP contribution >= 0.6 is 24.2 Å². The zero-order valence-corrected chi connectivity index (χ0v) is 11.2. The predicted molar refractivity (Wildman–Crippen MR) is 68.7 cm³/mol. The van der Waals surface area contributed by atoms with E-state index >= 15 is 0 Å². The molecule has 0 spiro atoms. The molecule has 2 N–H and O–H groups in total. The molecule has 92 valence electrons. The molecule has 0 aliphatic heterocycles. The molecule has 0 saturated carbocycles. The highest BCUT2D eigenvalue weighted by molar-refractivity contribution is 7.98. The van der Waals surface area contributed by atoms with Gasteiger partial charge >= 0.3 is 5.97 Å². The second-order valence-electron chi connectivity index (χ2n) is 3.26. The Hall–Kier alpha value is 0.0700. The number of thioether (sulfide) groups is 1. The van der Waals surface area contributed by atoms with E-state index in [-0.39, 0.29) is 18.4 Å². The van der Waals surface area contributed by atoms with Gasteiger partial charge in [-0.05, 0) is 24.9 Å². The third-order valence-electron chi connectivity index (χ3n) is 1.93. The van der Waals surface area contributed by atoms with Crippen LogP contribution in [0.15, 0.2) is 0 Å². The summed E-state index contributed by atoms with van der Waals surface area (Å²) in [6.45, 7) is 2.63. The summed E-state index contributed by atoms with van der Waals surface area (Å²) in [6, 6.07) is -0.441. The molecule has 0 aromatic carbocycles. The maximum absolute atomic E-state index is 11.3. The monoisotopic (exact) mass is 255 g/mol. The molecule has 0 aromatic rings. The smallest absolute Gasteiger partial charge is 0.322 e. The Bertz CT molecular complexity index is 158. The first-order valence-electron chi connectivity index (χ1n) is 5.13. The number of hydrogen-bond acceptors (Lipinski definition) is 4. The SMILES string of the molecule is CCCCCOC(=O)[C@@H](N)CCSC.Cl. The first-order valence-corrected chi connectivity index (χ1v) is 6.53. The van der Waals surface area contributed by atoms with Crippen molar-refractivity contribution in [3.05, 3.63) is 0 Å². The molecule has 0 rings (SSSR count). The maximum Gasteiger partial charge on any atom is 0.322 e. The van der Waals surface area contributed by atoms with E-state index in [2.05, 4.69) is 6.92 Å². The van der Waals surface area contributed by atoms with Crippen molar-refractivity contribution in [2.45, 2.75) is 38.6 Å². The van der Waals surface area contributed by atoms with Crippen molar-refractivity contribution in [1.29, 1.82) is 0 Å². The summed E-state index contributed by atoms with van der Waals surface area (Å²) in [5, 5.41) is 0. The van der Waals surface area contributed by atoms with Gasteiger partial charge in [0.15, 0.2) is 0 Å². The van der Waals surface area contributed by atoms with E-state index in [4.69, 9.17) is 10.5 Å². The van der Waals surface area contributed by atoms with E-state index < -0.39 is 6.04 Å². The highest BCUT2D eigenvalue weighted by atomic mass is 35.5. The number of rotatable bonds is 8. The van der Waals surface area contributed by atoms with Crippen molar-refractivity contribution < 1.29 is 9.53 Å². The minimum absolute atomic E-state index is 0. The van der Waals surface area contributed by atoms with Crippen molar-refractivity contribution in [2.75, 3.05) is 18.6 Å². The van der Waals surface area contributed by atoms with Crippen LogP contribution in [0.4, 0.5) is 0 Å². The summed E-state index contributed by atoms with van der Waals surface area (Å²) in [5.74, 6) is 0.653. The van der Waals surface area contributed by atoms with Gasteiger partial charge < -0.3 is 10.5 Å². The Morgan fingerprint density at radius 3 is 2.67 bits per heavy atom. The van der Waals surface area contributed by atoms with Gasteiger partial charge in [0.05, 0.1) is 6.61 Å². The zero-order valence-electron chi connectivity index (χ0n) is 9.53. The molecular weight excluding hydrogens is 234 g/mol. The van der Waals surface area contributed by atoms with Crippen LogP contribution in [0.5, 0.6) is 0 Å². The summed E-state index contributed by atoms with van der Waals surface area (Å²) >= 11 is 1.69. The summed E-state index contributed by atoms with van der Waals surface area (Å²) in [4.78, 5) is 11.3. The molecule has 0 saturated heterocycles. The number of esters is 1. The lowest BCUT2D eigenvalue weighted by Crippen LogP contribution is -2.33. The molecule has 0 aliphatic carbocycles. The summed E-state index contributed by atoms with van der Waals surface area (Å²) in [7, 11) is 0. The van der Waals surface area contributed by atoms with Gasteiger partial charge in [0, 0.05) is 0 Å².